The maximum Gasteiger partial charge on any atom is 0.407 e. The van der Waals surface area contributed by atoms with Crippen molar-refractivity contribution in [3.63, 3.8) is 0 Å². The number of anilines is 2. The number of alkyl carbamates (subject to hydrolysis) is 1. The van der Waals surface area contributed by atoms with Gasteiger partial charge in [0.15, 0.2) is 5.82 Å². The van der Waals surface area contributed by atoms with Crippen LogP contribution in [0.15, 0.2) is 42.7 Å². The molecule has 1 saturated carbocycles. The van der Waals surface area contributed by atoms with Crippen molar-refractivity contribution >= 4 is 23.6 Å². The number of carbonyl (C=O) groups excluding carboxylic acids is 2. The van der Waals surface area contributed by atoms with E-state index in [1.807, 2.05) is 30.3 Å². The molecule has 10 nitrogen and oxygen atoms in total. The molecular formula is C23H25N7O3. The zero-order valence-corrected chi connectivity index (χ0v) is 18.0. The van der Waals surface area contributed by atoms with Crippen LogP contribution in [0, 0.1) is 0 Å². The van der Waals surface area contributed by atoms with Crippen molar-refractivity contribution in [1.29, 1.82) is 0 Å². The first kappa shape index (κ1) is 20.9. The van der Waals surface area contributed by atoms with Crippen molar-refractivity contribution in [1.82, 2.24) is 30.8 Å². The van der Waals surface area contributed by atoms with E-state index in [9.17, 15) is 9.59 Å². The van der Waals surface area contributed by atoms with Crippen LogP contribution in [0.3, 0.4) is 0 Å². The van der Waals surface area contributed by atoms with Crippen molar-refractivity contribution in [2.24, 2.45) is 0 Å². The quantitative estimate of drug-likeness (QED) is 0.450. The molecule has 0 unspecified atom stereocenters. The van der Waals surface area contributed by atoms with Gasteiger partial charge in [-0.2, -0.15) is 5.10 Å². The van der Waals surface area contributed by atoms with Crippen LogP contribution in [-0.4, -0.2) is 51.4 Å². The van der Waals surface area contributed by atoms with Gasteiger partial charge in [0.25, 0.3) is 5.91 Å². The summed E-state index contributed by atoms with van der Waals surface area (Å²) in [6.07, 6.45) is 5.91. The molecule has 0 saturated heterocycles. The monoisotopic (exact) mass is 447 g/mol. The second kappa shape index (κ2) is 9.27. The largest absolute Gasteiger partial charge is 0.446 e. The van der Waals surface area contributed by atoms with Crippen LogP contribution in [-0.2, 0) is 4.74 Å². The third kappa shape index (κ3) is 4.79. The number of amides is 2. The number of hydrogen-bond acceptors (Lipinski definition) is 7. The zero-order chi connectivity index (χ0) is 22.6. The maximum atomic E-state index is 13.0. The van der Waals surface area contributed by atoms with E-state index in [-0.39, 0.29) is 23.6 Å². The Morgan fingerprint density at radius 1 is 1.03 bits per heavy atom. The summed E-state index contributed by atoms with van der Waals surface area (Å²) in [5.74, 6) is 1.07. The second-order valence-electron chi connectivity index (χ2n) is 8.24. The minimum absolute atomic E-state index is 0.113. The molecule has 3 aromatic rings. The summed E-state index contributed by atoms with van der Waals surface area (Å²) < 4.78 is 5.55. The first-order valence-electron chi connectivity index (χ1n) is 11.1. The number of H-pyrrole nitrogens is 1. The molecule has 1 aliphatic carbocycles. The lowest BCUT2D eigenvalue weighted by Crippen LogP contribution is -2.32. The van der Waals surface area contributed by atoms with Crippen LogP contribution in [0.25, 0.3) is 11.1 Å². The van der Waals surface area contributed by atoms with Gasteiger partial charge in [0.05, 0.1) is 0 Å². The Hall–Kier alpha value is -3.95. The number of aromatic amines is 1. The highest BCUT2D eigenvalue weighted by Gasteiger charge is 2.30. The normalized spacial score (nSPS) is 21.1. The minimum Gasteiger partial charge on any atom is -0.446 e. The van der Waals surface area contributed by atoms with Gasteiger partial charge in [-0.05, 0) is 43.9 Å². The van der Waals surface area contributed by atoms with E-state index in [4.69, 9.17) is 4.74 Å². The second-order valence-corrected chi connectivity index (χ2v) is 8.24. The fourth-order valence-electron chi connectivity index (χ4n) is 4.29. The number of fused-ring (bicyclic) bond motifs is 7. The minimum atomic E-state index is -0.423. The molecule has 2 atom stereocenters. The number of nitrogens with one attached hydrogen (secondary N) is 4. The molecule has 2 aliphatic rings. The summed E-state index contributed by atoms with van der Waals surface area (Å²) in [6, 6.07) is 9.31. The molecule has 33 heavy (non-hydrogen) atoms. The van der Waals surface area contributed by atoms with E-state index in [2.05, 4.69) is 36.1 Å². The third-order valence-corrected chi connectivity index (χ3v) is 5.94. The van der Waals surface area contributed by atoms with Gasteiger partial charge >= 0.3 is 6.09 Å². The van der Waals surface area contributed by atoms with Crippen molar-refractivity contribution in [2.75, 3.05) is 18.4 Å². The molecule has 0 radical (unpaired) electrons. The van der Waals surface area contributed by atoms with Gasteiger partial charge in [-0.25, -0.2) is 9.78 Å². The number of aromatic nitrogens is 4. The fourth-order valence-corrected chi connectivity index (χ4v) is 4.29. The first-order chi connectivity index (χ1) is 16.2. The van der Waals surface area contributed by atoms with Gasteiger partial charge in [-0.3, -0.25) is 14.9 Å². The average molecular weight is 447 g/mol. The summed E-state index contributed by atoms with van der Waals surface area (Å²) in [4.78, 5) is 33.9. The lowest BCUT2D eigenvalue weighted by molar-refractivity contribution is 0.0949. The fraction of sp³-hybridized carbons (Fsp3) is 0.348. The summed E-state index contributed by atoms with van der Waals surface area (Å²) >= 11 is 0. The van der Waals surface area contributed by atoms with Crippen LogP contribution in [0.2, 0.25) is 0 Å². The Morgan fingerprint density at radius 2 is 1.94 bits per heavy atom. The molecule has 4 heterocycles. The van der Waals surface area contributed by atoms with E-state index in [1.165, 1.54) is 0 Å². The van der Waals surface area contributed by atoms with Gasteiger partial charge in [0.2, 0.25) is 0 Å². The lowest BCUT2D eigenvalue weighted by Gasteiger charge is -2.14. The van der Waals surface area contributed by atoms with Crippen molar-refractivity contribution in [2.45, 2.75) is 37.7 Å². The number of nitrogens with zero attached hydrogens (tertiary/aromatic N) is 3. The molecule has 0 aromatic carbocycles. The highest BCUT2D eigenvalue weighted by atomic mass is 16.6. The first-order valence-corrected chi connectivity index (χ1v) is 11.1. The molecule has 1 aliphatic heterocycles. The van der Waals surface area contributed by atoms with E-state index in [1.54, 1.807) is 12.4 Å². The molecule has 6 bridgehead atoms. The molecule has 0 spiro atoms. The molecular weight excluding hydrogens is 422 g/mol. The number of ether oxygens (including phenoxy) is 1. The van der Waals surface area contributed by atoms with E-state index in [0.717, 1.165) is 30.5 Å². The van der Waals surface area contributed by atoms with Crippen LogP contribution in [0.5, 0.6) is 0 Å². The molecule has 2 amide bonds. The van der Waals surface area contributed by atoms with E-state index >= 15 is 0 Å². The van der Waals surface area contributed by atoms with Crippen LogP contribution in [0.4, 0.5) is 16.4 Å². The predicted molar refractivity (Wildman–Crippen MR) is 121 cm³/mol. The van der Waals surface area contributed by atoms with Gasteiger partial charge in [-0.15, -0.1) is 0 Å². The molecule has 3 aromatic heterocycles. The van der Waals surface area contributed by atoms with Gasteiger partial charge < -0.3 is 20.7 Å². The van der Waals surface area contributed by atoms with Gasteiger partial charge in [0.1, 0.15) is 17.6 Å². The van der Waals surface area contributed by atoms with Crippen molar-refractivity contribution in [3.8, 4) is 11.1 Å². The Labute approximate surface area is 190 Å². The zero-order valence-electron chi connectivity index (χ0n) is 18.0. The smallest absolute Gasteiger partial charge is 0.407 e. The van der Waals surface area contributed by atoms with E-state index in [0.29, 0.717) is 36.7 Å². The highest BCUT2D eigenvalue weighted by molar-refractivity contribution is 5.99. The summed E-state index contributed by atoms with van der Waals surface area (Å²) in [6.45, 7) is 0.794. The van der Waals surface area contributed by atoms with E-state index < -0.39 is 6.09 Å². The van der Waals surface area contributed by atoms with Crippen LogP contribution >= 0.6 is 0 Å². The molecule has 5 rings (SSSR count). The number of hydrogen-bond donors (Lipinski definition) is 4. The number of carbonyl (C=O) groups is 2. The lowest BCUT2D eigenvalue weighted by atomic mass is 10.0. The average Bonchev–Trinajstić information content (AvgIpc) is 3.48. The number of pyridine rings is 2. The summed E-state index contributed by atoms with van der Waals surface area (Å²) in [5.41, 5.74) is 2.75. The highest BCUT2D eigenvalue weighted by Crippen LogP contribution is 2.36. The van der Waals surface area contributed by atoms with Crippen LogP contribution < -0.4 is 16.0 Å². The Kier molecular flexibility index (Phi) is 5.88. The standard InChI is InChI=1S/C23H25N7O3/c31-22-21-17(15-3-1-8-24-13-15)6-7-19(28-21)27-20-12-18(29-30-20)14-4-5-16(11-14)33-23(32)26-10-2-9-25-22/h1,3,6-8,12-14,16H,2,4-5,9-11H2,(H,25,31)(H,26,32)(H2,27,28,29,30)/t14-,16+/m0/s1. The Balaban J connectivity index is 1.45. The third-order valence-electron chi connectivity index (χ3n) is 5.94. The predicted octanol–water partition coefficient (Wildman–Crippen LogP) is 3.11. The van der Waals surface area contributed by atoms with Crippen molar-refractivity contribution < 1.29 is 14.3 Å². The Morgan fingerprint density at radius 3 is 2.82 bits per heavy atom. The summed E-state index contributed by atoms with van der Waals surface area (Å²) in [7, 11) is 0. The van der Waals surface area contributed by atoms with Gasteiger partial charge in [-0.1, -0.05) is 6.07 Å². The Bertz CT molecular complexity index is 1150. The molecule has 1 fully saturated rings. The molecule has 4 N–H and O–H groups in total. The molecule has 170 valence electrons. The van der Waals surface area contributed by atoms with Gasteiger partial charge in [0, 0.05) is 54.3 Å². The SMILES string of the molecule is O=C1NCCCNC(=O)c2nc(ccc2-c2cccnc2)Nc2cc([nH]n2)[C@H]2CC[C@H](C2)O1. The maximum absolute atomic E-state index is 13.0. The van der Waals surface area contributed by atoms with Crippen molar-refractivity contribution in [3.05, 3.63) is 54.1 Å². The summed E-state index contributed by atoms with van der Waals surface area (Å²) in [5, 5.41) is 16.3. The topological polar surface area (TPSA) is 134 Å². The number of rotatable bonds is 1. The van der Waals surface area contributed by atoms with Crippen LogP contribution in [0.1, 0.15) is 47.8 Å². The molecule has 10 heteroatoms.